The molecule has 0 aliphatic rings. The number of sulfone groups is 1. The number of nitrogens with one attached hydrogen (secondary N) is 1. The first-order valence-corrected chi connectivity index (χ1v) is 8.22. The monoisotopic (exact) mass is 303 g/mol. The van der Waals surface area contributed by atoms with E-state index in [1.54, 1.807) is 0 Å². The predicted molar refractivity (Wildman–Crippen MR) is 80.4 cm³/mol. The summed E-state index contributed by atoms with van der Waals surface area (Å²) in [7, 11) is -1.46. The van der Waals surface area contributed by atoms with Gasteiger partial charge in [0.15, 0.2) is 9.84 Å². The Bertz CT molecular complexity index is 740. The highest BCUT2D eigenvalue weighted by Gasteiger charge is 2.14. The molecule has 0 saturated carbocycles. The molecule has 21 heavy (non-hydrogen) atoms. The van der Waals surface area contributed by atoms with E-state index in [-0.39, 0.29) is 10.6 Å². The molecule has 0 radical (unpaired) electrons. The van der Waals surface area contributed by atoms with Gasteiger partial charge in [-0.25, -0.2) is 8.42 Å². The Morgan fingerprint density at radius 2 is 1.95 bits per heavy atom. The van der Waals surface area contributed by atoms with E-state index >= 15 is 0 Å². The molecule has 0 saturated heterocycles. The number of aromatic nitrogens is 1. The van der Waals surface area contributed by atoms with Gasteiger partial charge >= 0.3 is 0 Å². The Morgan fingerprint density at radius 1 is 1.24 bits per heavy atom. The Labute approximate surface area is 124 Å². The highest BCUT2D eigenvalue weighted by atomic mass is 32.2. The fourth-order valence-electron chi connectivity index (χ4n) is 2.02. The second kappa shape index (κ2) is 6.57. The van der Waals surface area contributed by atoms with Crippen LogP contribution in [0, 0.1) is 11.3 Å². The van der Waals surface area contributed by atoms with Gasteiger partial charge in [0.1, 0.15) is 0 Å². The maximum atomic E-state index is 12.2. The molecule has 1 aromatic heterocycles. The zero-order valence-corrected chi connectivity index (χ0v) is 12.6. The minimum atomic E-state index is -3.33. The lowest BCUT2D eigenvalue weighted by atomic mass is 10.2. The van der Waals surface area contributed by atoms with Gasteiger partial charge in [0.25, 0.3) is 0 Å². The quantitative estimate of drug-likeness (QED) is 0.878. The van der Waals surface area contributed by atoms with Gasteiger partial charge in [-0.3, -0.25) is 0 Å². The van der Waals surface area contributed by atoms with Crippen molar-refractivity contribution in [3.8, 4) is 6.07 Å². The molecule has 5 nitrogen and oxygen atoms in total. The van der Waals surface area contributed by atoms with Gasteiger partial charge in [-0.2, -0.15) is 5.26 Å². The van der Waals surface area contributed by atoms with Crippen LogP contribution in [0.3, 0.4) is 0 Å². The summed E-state index contributed by atoms with van der Waals surface area (Å²) in [4.78, 5) is 0.254. The molecule has 1 aromatic carbocycles. The molecule has 0 aliphatic carbocycles. The van der Waals surface area contributed by atoms with Crippen molar-refractivity contribution in [1.29, 1.82) is 5.26 Å². The van der Waals surface area contributed by atoms with Crippen LogP contribution in [0.1, 0.15) is 11.1 Å². The lowest BCUT2D eigenvalue weighted by Gasteiger charge is -2.06. The molecule has 0 aliphatic heterocycles. The Hall–Kier alpha value is -2.10. The standard InChI is InChI=1S/C15H17N3O2S/c1-17-11-14-6-7-18(12-14)8-9-21(19,20)15-4-2-13(10-16)3-5-15/h2-7,12,17H,8-9,11H2,1H3. The molecular weight excluding hydrogens is 286 g/mol. The molecule has 0 bridgehead atoms. The van der Waals surface area contributed by atoms with Crippen molar-refractivity contribution >= 4 is 9.84 Å². The SMILES string of the molecule is CNCc1ccn(CCS(=O)(=O)c2ccc(C#N)cc2)c1. The van der Waals surface area contributed by atoms with Crippen molar-refractivity contribution in [3.05, 3.63) is 53.9 Å². The van der Waals surface area contributed by atoms with Crippen molar-refractivity contribution in [1.82, 2.24) is 9.88 Å². The number of hydrogen-bond donors (Lipinski definition) is 1. The Morgan fingerprint density at radius 3 is 2.57 bits per heavy atom. The zero-order valence-electron chi connectivity index (χ0n) is 11.8. The molecule has 0 amide bonds. The third kappa shape index (κ3) is 3.94. The summed E-state index contributed by atoms with van der Waals surface area (Å²) in [5.74, 6) is 0.0343. The summed E-state index contributed by atoms with van der Waals surface area (Å²) in [6.45, 7) is 1.17. The van der Waals surface area contributed by atoms with Gasteiger partial charge in [-0.15, -0.1) is 0 Å². The molecule has 0 atom stereocenters. The lowest BCUT2D eigenvalue weighted by molar-refractivity contribution is 0.589. The van der Waals surface area contributed by atoms with Crippen LogP contribution < -0.4 is 5.32 Å². The van der Waals surface area contributed by atoms with Gasteiger partial charge in [0, 0.05) is 25.5 Å². The summed E-state index contributed by atoms with van der Waals surface area (Å²) >= 11 is 0. The largest absolute Gasteiger partial charge is 0.353 e. The Balaban J connectivity index is 2.04. The molecule has 2 rings (SSSR count). The highest BCUT2D eigenvalue weighted by molar-refractivity contribution is 7.91. The number of nitriles is 1. The molecule has 1 heterocycles. The number of rotatable bonds is 6. The molecule has 110 valence electrons. The maximum absolute atomic E-state index is 12.2. The van der Waals surface area contributed by atoms with E-state index in [2.05, 4.69) is 5.32 Å². The average molecular weight is 303 g/mol. The van der Waals surface area contributed by atoms with E-state index in [4.69, 9.17) is 5.26 Å². The van der Waals surface area contributed by atoms with Crippen LogP contribution in [-0.4, -0.2) is 25.8 Å². The summed E-state index contributed by atoms with van der Waals surface area (Å²) in [6.07, 6.45) is 3.81. The molecule has 0 fully saturated rings. The Kier molecular flexibility index (Phi) is 4.78. The molecule has 0 spiro atoms. The van der Waals surface area contributed by atoms with Gasteiger partial charge in [0.2, 0.25) is 0 Å². The van der Waals surface area contributed by atoms with Gasteiger partial charge in [-0.1, -0.05) is 0 Å². The second-order valence-corrected chi connectivity index (χ2v) is 6.85. The summed E-state index contributed by atoms with van der Waals surface area (Å²) < 4.78 is 26.3. The van der Waals surface area contributed by atoms with Crippen LogP contribution in [0.2, 0.25) is 0 Å². The minimum absolute atomic E-state index is 0.0343. The van der Waals surface area contributed by atoms with Crippen LogP contribution in [0.15, 0.2) is 47.6 Å². The predicted octanol–water partition coefficient (Wildman–Crippen LogP) is 1.55. The third-order valence-corrected chi connectivity index (χ3v) is 4.86. The number of hydrogen-bond acceptors (Lipinski definition) is 4. The average Bonchev–Trinajstić information content (AvgIpc) is 2.93. The topological polar surface area (TPSA) is 74.9 Å². The smallest absolute Gasteiger partial charge is 0.180 e. The van der Waals surface area contributed by atoms with Crippen LogP contribution in [0.5, 0.6) is 0 Å². The van der Waals surface area contributed by atoms with E-state index in [1.807, 2.05) is 36.1 Å². The number of aryl methyl sites for hydroxylation is 1. The van der Waals surface area contributed by atoms with Crippen LogP contribution in [0.4, 0.5) is 0 Å². The fraction of sp³-hybridized carbons (Fsp3) is 0.267. The minimum Gasteiger partial charge on any atom is -0.353 e. The van der Waals surface area contributed by atoms with Crippen LogP contribution in [-0.2, 0) is 22.9 Å². The van der Waals surface area contributed by atoms with Crippen molar-refractivity contribution < 1.29 is 8.42 Å². The van der Waals surface area contributed by atoms with Crippen LogP contribution >= 0.6 is 0 Å². The first kappa shape index (κ1) is 15.3. The van der Waals surface area contributed by atoms with Crippen molar-refractivity contribution in [2.75, 3.05) is 12.8 Å². The number of benzene rings is 1. The summed E-state index contributed by atoms with van der Waals surface area (Å²) in [6, 6.07) is 9.94. The molecule has 2 aromatic rings. The van der Waals surface area contributed by atoms with Gasteiger partial charge < -0.3 is 9.88 Å². The normalized spacial score (nSPS) is 11.2. The first-order valence-electron chi connectivity index (χ1n) is 6.57. The molecule has 1 N–H and O–H groups in total. The molecular formula is C15H17N3O2S. The first-order chi connectivity index (χ1) is 10.0. The summed E-state index contributed by atoms with van der Waals surface area (Å²) in [5, 5.41) is 11.8. The number of nitrogens with zero attached hydrogens (tertiary/aromatic N) is 2. The van der Waals surface area contributed by atoms with Crippen molar-refractivity contribution in [3.63, 3.8) is 0 Å². The van der Waals surface area contributed by atoms with E-state index in [1.165, 1.54) is 24.3 Å². The van der Waals surface area contributed by atoms with Gasteiger partial charge in [-0.05, 0) is 42.9 Å². The van der Waals surface area contributed by atoms with Crippen molar-refractivity contribution in [2.24, 2.45) is 0 Å². The summed E-state index contributed by atoms with van der Waals surface area (Å²) in [5.41, 5.74) is 1.57. The van der Waals surface area contributed by atoms with E-state index in [9.17, 15) is 8.42 Å². The third-order valence-electron chi connectivity index (χ3n) is 3.15. The lowest BCUT2D eigenvalue weighted by Crippen LogP contribution is -2.12. The molecule has 6 heteroatoms. The van der Waals surface area contributed by atoms with Crippen molar-refractivity contribution in [2.45, 2.75) is 18.0 Å². The molecule has 0 unspecified atom stereocenters. The second-order valence-electron chi connectivity index (χ2n) is 4.74. The van der Waals surface area contributed by atoms with E-state index < -0.39 is 9.84 Å². The van der Waals surface area contributed by atoms with Gasteiger partial charge in [0.05, 0.1) is 22.3 Å². The zero-order chi connectivity index (χ0) is 15.3. The van der Waals surface area contributed by atoms with E-state index in [0.29, 0.717) is 12.1 Å². The van der Waals surface area contributed by atoms with E-state index in [0.717, 1.165) is 12.1 Å². The maximum Gasteiger partial charge on any atom is 0.180 e. The fourth-order valence-corrected chi connectivity index (χ4v) is 3.26. The highest BCUT2D eigenvalue weighted by Crippen LogP contribution is 2.13. The van der Waals surface area contributed by atoms with Crippen LogP contribution in [0.25, 0.3) is 0 Å².